The maximum absolute atomic E-state index is 13.3. The van der Waals surface area contributed by atoms with E-state index in [1.807, 2.05) is 0 Å². The molecule has 4 bridgehead atoms. The first-order chi connectivity index (χ1) is 11.7. The number of nitriles is 1. The number of hydrogen-bond donors (Lipinski definition) is 2. The quantitative estimate of drug-likeness (QED) is 0.736. The number of carbonyl (C=O) groups is 1. The van der Waals surface area contributed by atoms with E-state index < -0.39 is 30.1 Å². The fraction of sp³-hybridized carbons (Fsp3) is 0.889. The van der Waals surface area contributed by atoms with Gasteiger partial charge in [-0.25, -0.2) is 0 Å². The number of aliphatic hydroxyl groups is 1. The number of likely N-dealkylation sites (tertiary alicyclic amines) is 1. The van der Waals surface area contributed by atoms with E-state index in [9.17, 15) is 15.2 Å². The van der Waals surface area contributed by atoms with Gasteiger partial charge >= 0.3 is 0 Å². The van der Waals surface area contributed by atoms with Gasteiger partial charge in [0.05, 0.1) is 17.7 Å². The predicted octanol–water partition coefficient (Wildman–Crippen LogP) is 1.58. The maximum Gasteiger partial charge on any atom is 0.241 e. The Bertz CT molecular complexity index is 682. The molecule has 5 nitrogen and oxygen atoms in total. The van der Waals surface area contributed by atoms with E-state index in [4.69, 9.17) is 8.48 Å². The minimum Gasteiger partial charge on any atom is -0.390 e. The average molecular weight is 355 g/mol. The van der Waals surface area contributed by atoms with Crippen molar-refractivity contribution in [2.75, 3.05) is 0 Å². The summed E-state index contributed by atoms with van der Waals surface area (Å²) in [5.41, 5.74) is 5.45. The first-order valence-electron chi connectivity index (χ1n) is 9.89. The molecule has 6 fully saturated rings. The summed E-state index contributed by atoms with van der Waals surface area (Å²) in [6.45, 7) is 0. The molecule has 5 aliphatic carbocycles. The third kappa shape index (κ3) is 2.16. The topological polar surface area (TPSA) is 90.4 Å². The van der Waals surface area contributed by atoms with Crippen molar-refractivity contribution < 1.29 is 12.6 Å². The number of halogens is 1. The molecule has 5 saturated carbocycles. The van der Waals surface area contributed by atoms with Gasteiger partial charge < -0.3 is 15.7 Å². The van der Waals surface area contributed by atoms with Crippen molar-refractivity contribution in [2.24, 2.45) is 28.9 Å². The van der Waals surface area contributed by atoms with E-state index >= 15 is 0 Å². The summed E-state index contributed by atoms with van der Waals surface area (Å²) in [6, 6.07) is 0.370. The van der Waals surface area contributed by atoms with Crippen LogP contribution in [0.3, 0.4) is 0 Å². The van der Waals surface area contributed by atoms with Crippen LogP contribution in [-0.4, -0.2) is 39.6 Å². The second kappa shape index (κ2) is 5.09. The summed E-state index contributed by atoms with van der Waals surface area (Å²) in [6.07, 6.45) is 4.13. The van der Waals surface area contributed by atoms with Crippen molar-refractivity contribution in [3.63, 3.8) is 0 Å². The number of carbonyl (C=O) groups excluding carboxylic acids is 1. The number of nitrogens with two attached hydrogens (primary N) is 1. The van der Waals surface area contributed by atoms with E-state index in [2.05, 4.69) is 6.07 Å². The van der Waals surface area contributed by atoms with Crippen molar-refractivity contribution in [1.82, 2.24) is 4.90 Å². The molecule has 3 N–H and O–H groups in total. The fourth-order valence-corrected chi connectivity index (χ4v) is 6.66. The fourth-order valence-electron chi connectivity index (χ4n) is 6.66. The van der Waals surface area contributed by atoms with Crippen molar-refractivity contribution >= 4 is 18.3 Å². The third-order valence-electron chi connectivity index (χ3n) is 7.17. The van der Waals surface area contributed by atoms with Gasteiger partial charge in [-0.05, 0) is 74.5 Å². The lowest BCUT2D eigenvalue weighted by Gasteiger charge is -2.61. The van der Waals surface area contributed by atoms with Gasteiger partial charge in [0.2, 0.25) is 5.91 Å². The van der Waals surface area contributed by atoms with Gasteiger partial charge in [-0.1, -0.05) is 0 Å². The Morgan fingerprint density at radius 2 is 2.00 bits per heavy atom. The summed E-state index contributed by atoms with van der Waals surface area (Å²) >= 11 is 0. The lowest BCUT2D eigenvalue weighted by atomic mass is 9.46. The molecular weight excluding hydrogens is 327 g/mol. The van der Waals surface area contributed by atoms with Crippen LogP contribution in [0.4, 0.5) is 0 Å². The summed E-state index contributed by atoms with van der Waals surface area (Å²) in [7, 11) is 0. The highest BCUT2D eigenvalue weighted by molar-refractivity contribution is 5.85. The molecule has 24 heavy (non-hydrogen) atoms. The van der Waals surface area contributed by atoms with Crippen molar-refractivity contribution in [3.05, 3.63) is 0 Å². The third-order valence-corrected chi connectivity index (χ3v) is 7.17. The molecule has 0 aromatic heterocycles. The second-order valence-corrected chi connectivity index (χ2v) is 8.87. The summed E-state index contributed by atoms with van der Waals surface area (Å²) < 4.78 is 16.1. The number of nitrogens with zero attached hydrogens (tertiary/aromatic N) is 2. The first-order valence-corrected chi connectivity index (χ1v) is 8.89. The molecule has 1 amide bonds. The van der Waals surface area contributed by atoms with Gasteiger partial charge in [0.25, 0.3) is 0 Å². The number of amides is 1. The van der Waals surface area contributed by atoms with Crippen LogP contribution in [0, 0.1) is 34.5 Å². The number of piperidine rings is 1. The highest BCUT2D eigenvalue weighted by atomic mass is 35.5. The number of hydrogen-bond acceptors (Lipinski definition) is 4. The summed E-state index contributed by atoms with van der Waals surface area (Å²) in [5, 5.41) is 20.3. The Labute approximate surface area is 151 Å². The van der Waals surface area contributed by atoms with E-state index in [0.717, 1.165) is 32.1 Å². The Balaban J connectivity index is 0.00000168. The van der Waals surface area contributed by atoms with Crippen LogP contribution < -0.4 is 5.73 Å². The molecule has 1 saturated heterocycles. The molecule has 1 aliphatic heterocycles. The molecule has 1 heterocycles. The van der Waals surface area contributed by atoms with Gasteiger partial charge in [-0.2, -0.15) is 5.26 Å². The summed E-state index contributed by atoms with van der Waals surface area (Å²) in [4.78, 5) is 14.7. The maximum atomic E-state index is 13.3. The smallest absolute Gasteiger partial charge is 0.241 e. The number of rotatable bonds is 2. The monoisotopic (exact) mass is 354 g/mol. The van der Waals surface area contributed by atoms with Gasteiger partial charge in [-0.15, -0.1) is 12.4 Å². The molecule has 0 aromatic rings. The van der Waals surface area contributed by atoms with E-state index in [0.29, 0.717) is 24.7 Å². The van der Waals surface area contributed by atoms with Crippen LogP contribution in [0.15, 0.2) is 0 Å². The molecule has 8 atom stereocenters. The van der Waals surface area contributed by atoms with Gasteiger partial charge in [0.15, 0.2) is 0 Å². The second-order valence-electron chi connectivity index (χ2n) is 8.87. The zero-order valence-corrected chi connectivity index (χ0v) is 14.5. The highest BCUT2D eigenvalue weighted by Gasteiger charge is 2.62. The molecule has 6 rings (SSSR count). The molecule has 2 unspecified atom stereocenters. The summed E-state index contributed by atoms with van der Waals surface area (Å²) in [5.74, 6) is 0.380. The lowest BCUT2D eigenvalue weighted by molar-refractivity contribution is -0.177. The van der Waals surface area contributed by atoms with Crippen molar-refractivity contribution in [1.29, 1.82) is 5.26 Å². The van der Waals surface area contributed by atoms with E-state index in [1.54, 1.807) is 0 Å². The molecular formula is C18H26ClN3O2. The zero-order valence-electron chi connectivity index (χ0n) is 15.6. The van der Waals surface area contributed by atoms with Crippen molar-refractivity contribution in [3.8, 4) is 6.07 Å². The minimum atomic E-state index is -1.39. The zero-order chi connectivity index (χ0) is 17.8. The average Bonchev–Trinajstić information content (AvgIpc) is 2.89. The van der Waals surface area contributed by atoms with Gasteiger partial charge in [0, 0.05) is 8.78 Å². The van der Waals surface area contributed by atoms with E-state index in [1.165, 1.54) is 4.90 Å². The van der Waals surface area contributed by atoms with Crippen LogP contribution in [-0.2, 0) is 4.79 Å². The Morgan fingerprint density at radius 3 is 2.58 bits per heavy atom. The van der Waals surface area contributed by atoms with Crippen LogP contribution in [0.2, 0.25) is 0 Å². The highest BCUT2D eigenvalue weighted by Crippen LogP contribution is 2.63. The first kappa shape index (κ1) is 14.4. The van der Waals surface area contributed by atoms with Crippen LogP contribution >= 0.6 is 12.4 Å². The normalized spacial score (nSPS) is 54.9. The molecule has 0 radical (unpaired) electrons. The van der Waals surface area contributed by atoms with Crippen LogP contribution in [0.25, 0.3) is 0 Å². The molecule has 132 valence electrons. The van der Waals surface area contributed by atoms with Crippen molar-refractivity contribution in [2.45, 2.75) is 75.0 Å². The van der Waals surface area contributed by atoms with Gasteiger partial charge in [-0.3, -0.25) is 4.79 Å². The molecule has 0 aromatic carbocycles. The minimum absolute atomic E-state index is 0. The Hall–Kier alpha value is -0.830. The van der Waals surface area contributed by atoms with Gasteiger partial charge in [0.1, 0.15) is 6.04 Å². The van der Waals surface area contributed by atoms with Crippen LogP contribution in [0.1, 0.15) is 54.1 Å². The standard InChI is InChI=1S/C18H25N3O2.ClH/c19-8-13-2-12-3-14(12)21(13)16(22)15(20)17-4-10-1-11(5-17)7-18(23,6-10)9-17;/h10-15,23H,1-7,9,20H2;1H/t10-,11+,12-,13+,14+,15-,17?,18?;/m1./s1/i3+1D2;. The molecule has 6 heteroatoms. The SMILES string of the molecule is Cl.[2H][13C]1([2H])[C@H]2C[C@@H](C#N)N(C(=O)[C@@H](N)C34C[C@@H]5C[C@@H](CC(O)(C5)C3)C4)[C@H]21. The lowest BCUT2D eigenvalue weighted by Crippen LogP contribution is -2.64. The Morgan fingerprint density at radius 1 is 1.33 bits per heavy atom. The Kier molecular flexibility index (Phi) is 3.05. The predicted molar refractivity (Wildman–Crippen MR) is 90.0 cm³/mol. The van der Waals surface area contributed by atoms with E-state index in [-0.39, 0.29) is 29.6 Å². The molecule has 6 aliphatic rings. The molecule has 0 spiro atoms. The van der Waals surface area contributed by atoms with Crippen LogP contribution in [0.5, 0.6) is 0 Å². The number of fused-ring (bicyclic) bond motifs is 1. The largest absolute Gasteiger partial charge is 0.390 e.